The van der Waals surface area contributed by atoms with Crippen molar-refractivity contribution < 1.29 is 18.0 Å². The lowest BCUT2D eigenvalue weighted by molar-refractivity contribution is 0.0696. The Kier molecular flexibility index (Phi) is 7.46. The summed E-state index contributed by atoms with van der Waals surface area (Å²) in [5.74, 6) is -0.368. The normalized spacial score (nSPS) is 14.8. The molecule has 31 heavy (non-hydrogen) atoms. The Bertz CT molecular complexity index is 1010. The number of nitrogens with one attached hydrogen (secondary N) is 2. The molecule has 2 N–H and O–H groups in total. The van der Waals surface area contributed by atoms with Gasteiger partial charge >= 0.3 is 0 Å². The first-order chi connectivity index (χ1) is 14.8. The molecular weight excluding hydrogens is 414 g/mol. The maximum atomic E-state index is 12.7. The summed E-state index contributed by atoms with van der Waals surface area (Å²) in [7, 11) is -1.70. The van der Waals surface area contributed by atoms with Crippen LogP contribution in [0.15, 0.2) is 53.4 Å². The molecule has 0 atom stereocenters. The van der Waals surface area contributed by atoms with Gasteiger partial charge in [0.25, 0.3) is 11.8 Å². The lowest BCUT2D eigenvalue weighted by Crippen LogP contribution is -2.38. The first-order valence-electron chi connectivity index (χ1n) is 10.6. The summed E-state index contributed by atoms with van der Waals surface area (Å²) in [6.07, 6.45) is 5.65. The fraction of sp³-hybridized carbons (Fsp3) is 0.391. The van der Waals surface area contributed by atoms with E-state index in [0.717, 1.165) is 25.7 Å². The molecule has 1 saturated carbocycles. The van der Waals surface area contributed by atoms with E-state index < -0.39 is 10.0 Å². The number of rotatable bonds is 7. The van der Waals surface area contributed by atoms with Gasteiger partial charge in [0.2, 0.25) is 10.0 Å². The van der Waals surface area contributed by atoms with E-state index in [2.05, 4.69) is 10.0 Å². The number of sulfonamides is 1. The van der Waals surface area contributed by atoms with Crippen molar-refractivity contribution in [3.8, 4) is 0 Å². The van der Waals surface area contributed by atoms with Gasteiger partial charge in [-0.1, -0.05) is 26.2 Å². The van der Waals surface area contributed by atoms with Crippen LogP contribution in [0.4, 0.5) is 5.69 Å². The molecule has 2 amide bonds. The predicted octanol–water partition coefficient (Wildman–Crippen LogP) is 3.64. The zero-order valence-electron chi connectivity index (χ0n) is 17.9. The van der Waals surface area contributed by atoms with Gasteiger partial charge < -0.3 is 10.2 Å². The van der Waals surface area contributed by atoms with Crippen molar-refractivity contribution in [1.29, 1.82) is 0 Å². The fourth-order valence-electron chi connectivity index (χ4n) is 3.80. The molecule has 166 valence electrons. The first kappa shape index (κ1) is 23.0. The summed E-state index contributed by atoms with van der Waals surface area (Å²) < 4.78 is 26.4. The average molecular weight is 444 g/mol. The van der Waals surface area contributed by atoms with Crippen LogP contribution in [-0.4, -0.2) is 44.8 Å². The van der Waals surface area contributed by atoms with Crippen LogP contribution in [0.25, 0.3) is 0 Å². The average Bonchev–Trinajstić information content (AvgIpc) is 2.79. The Labute approximate surface area is 183 Å². The molecule has 1 aliphatic rings. The third-order valence-corrected chi connectivity index (χ3v) is 7.16. The zero-order valence-corrected chi connectivity index (χ0v) is 18.7. The Morgan fingerprint density at radius 3 is 2.10 bits per heavy atom. The van der Waals surface area contributed by atoms with Crippen molar-refractivity contribution >= 4 is 27.5 Å². The molecule has 0 spiro atoms. The maximum Gasteiger partial charge on any atom is 0.255 e. The van der Waals surface area contributed by atoms with Gasteiger partial charge in [0.05, 0.1) is 4.90 Å². The molecular formula is C23H29N3O4S. The van der Waals surface area contributed by atoms with E-state index in [1.165, 1.54) is 30.7 Å². The van der Waals surface area contributed by atoms with Gasteiger partial charge in [0.1, 0.15) is 0 Å². The van der Waals surface area contributed by atoms with Gasteiger partial charge in [-0.05, 0) is 61.4 Å². The standard InChI is InChI=1S/C23H29N3O4S/c1-3-24-31(29,30)21-15-11-17(12-16-21)22(27)25-19-13-9-18(10-14-19)23(28)26(2)20-7-5-4-6-8-20/h9-16,20,24H,3-8H2,1-2H3,(H,25,27). The molecule has 7 nitrogen and oxygen atoms in total. The molecule has 0 aromatic heterocycles. The summed E-state index contributed by atoms with van der Waals surface area (Å²) >= 11 is 0. The number of hydrogen-bond acceptors (Lipinski definition) is 4. The van der Waals surface area contributed by atoms with Crippen molar-refractivity contribution in [3.63, 3.8) is 0 Å². The van der Waals surface area contributed by atoms with Gasteiger partial charge in [-0.2, -0.15) is 0 Å². The Morgan fingerprint density at radius 1 is 0.935 bits per heavy atom. The smallest absolute Gasteiger partial charge is 0.255 e. The van der Waals surface area contributed by atoms with Crippen molar-refractivity contribution in [2.24, 2.45) is 0 Å². The summed E-state index contributed by atoms with van der Waals surface area (Å²) in [6, 6.07) is 12.8. The number of amides is 2. The minimum absolute atomic E-state index is 0.0118. The second-order valence-corrected chi connectivity index (χ2v) is 9.53. The molecule has 3 rings (SSSR count). The van der Waals surface area contributed by atoms with E-state index in [1.54, 1.807) is 31.2 Å². The molecule has 2 aromatic carbocycles. The lowest BCUT2D eigenvalue weighted by Gasteiger charge is -2.31. The van der Waals surface area contributed by atoms with Crippen LogP contribution in [0.2, 0.25) is 0 Å². The summed E-state index contributed by atoms with van der Waals surface area (Å²) in [4.78, 5) is 27.2. The molecule has 0 saturated heterocycles. The van der Waals surface area contributed by atoms with E-state index in [9.17, 15) is 18.0 Å². The van der Waals surface area contributed by atoms with Gasteiger partial charge in [0.15, 0.2) is 0 Å². The molecule has 0 aliphatic heterocycles. The number of anilines is 1. The highest BCUT2D eigenvalue weighted by Gasteiger charge is 2.23. The molecule has 1 fully saturated rings. The summed E-state index contributed by atoms with van der Waals surface area (Å²) in [5.41, 5.74) is 1.49. The van der Waals surface area contributed by atoms with E-state index in [4.69, 9.17) is 0 Å². The van der Waals surface area contributed by atoms with Gasteiger partial charge in [-0.25, -0.2) is 13.1 Å². The highest BCUT2D eigenvalue weighted by molar-refractivity contribution is 7.89. The van der Waals surface area contributed by atoms with E-state index in [-0.39, 0.29) is 16.7 Å². The van der Waals surface area contributed by atoms with Crippen LogP contribution in [0.5, 0.6) is 0 Å². The highest BCUT2D eigenvalue weighted by atomic mass is 32.2. The molecule has 8 heteroatoms. The van der Waals surface area contributed by atoms with Crippen molar-refractivity contribution in [2.75, 3.05) is 18.9 Å². The number of hydrogen-bond donors (Lipinski definition) is 2. The Morgan fingerprint density at radius 2 is 1.52 bits per heavy atom. The van der Waals surface area contributed by atoms with Crippen molar-refractivity contribution in [1.82, 2.24) is 9.62 Å². The van der Waals surface area contributed by atoms with Crippen molar-refractivity contribution in [3.05, 3.63) is 59.7 Å². The van der Waals surface area contributed by atoms with Crippen LogP contribution < -0.4 is 10.0 Å². The summed E-state index contributed by atoms with van der Waals surface area (Å²) in [6.45, 7) is 1.99. The van der Waals surface area contributed by atoms with E-state index >= 15 is 0 Å². The molecule has 0 bridgehead atoms. The molecule has 0 radical (unpaired) electrons. The number of benzene rings is 2. The van der Waals surface area contributed by atoms with Crippen LogP contribution in [0.1, 0.15) is 59.7 Å². The Hall–Kier alpha value is -2.71. The minimum atomic E-state index is -3.56. The third-order valence-electron chi connectivity index (χ3n) is 5.59. The van der Waals surface area contributed by atoms with Gasteiger partial charge in [-0.3, -0.25) is 9.59 Å². The number of nitrogens with zero attached hydrogens (tertiary/aromatic N) is 1. The number of carbonyl (C=O) groups is 2. The van der Waals surface area contributed by atoms with E-state index in [1.807, 2.05) is 11.9 Å². The predicted molar refractivity (Wildman–Crippen MR) is 121 cm³/mol. The monoisotopic (exact) mass is 443 g/mol. The Balaban J connectivity index is 1.62. The van der Waals surface area contributed by atoms with Crippen LogP contribution in [0, 0.1) is 0 Å². The minimum Gasteiger partial charge on any atom is -0.339 e. The zero-order chi connectivity index (χ0) is 22.4. The second-order valence-electron chi connectivity index (χ2n) is 7.77. The topological polar surface area (TPSA) is 95.6 Å². The number of carbonyl (C=O) groups excluding carboxylic acids is 2. The van der Waals surface area contributed by atoms with Crippen LogP contribution in [-0.2, 0) is 10.0 Å². The molecule has 1 aliphatic carbocycles. The van der Waals surface area contributed by atoms with Gasteiger partial charge in [0, 0.05) is 36.4 Å². The lowest BCUT2D eigenvalue weighted by atomic mass is 9.94. The van der Waals surface area contributed by atoms with Crippen LogP contribution in [0.3, 0.4) is 0 Å². The largest absolute Gasteiger partial charge is 0.339 e. The third kappa shape index (κ3) is 5.71. The SMILES string of the molecule is CCNS(=O)(=O)c1ccc(C(=O)Nc2ccc(C(=O)N(C)C3CCCCC3)cc2)cc1. The highest BCUT2D eigenvalue weighted by Crippen LogP contribution is 2.23. The molecule has 0 unspecified atom stereocenters. The second kappa shape index (κ2) is 10.1. The van der Waals surface area contributed by atoms with E-state index in [0.29, 0.717) is 29.4 Å². The quantitative estimate of drug-likeness (QED) is 0.683. The van der Waals surface area contributed by atoms with Gasteiger partial charge in [-0.15, -0.1) is 0 Å². The fourth-order valence-corrected chi connectivity index (χ4v) is 4.84. The van der Waals surface area contributed by atoms with Crippen LogP contribution >= 0.6 is 0 Å². The molecule has 0 heterocycles. The summed E-state index contributed by atoms with van der Waals surface area (Å²) in [5, 5.41) is 2.77. The molecule has 2 aromatic rings. The first-order valence-corrected chi connectivity index (χ1v) is 12.1. The maximum absolute atomic E-state index is 12.7. The van der Waals surface area contributed by atoms with Crippen molar-refractivity contribution in [2.45, 2.75) is 50.0 Å².